The van der Waals surface area contributed by atoms with Gasteiger partial charge in [-0.25, -0.2) is 9.97 Å². The van der Waals surface area contributed by atoms with Crippen molar-refractivity contribution < 1.29 is 4.92 Å². The van der Waals surface area contributed by atoms with Crippen LogP contribution in [0, 0.1) is 30.9 Å². The van der Waals surface area contributed by atoms with Gasteiger partial charge in [0.15, 0.2) is 0 Å². The SMILES string of the molecule is Cc1ccc(Nc2nc(C)nc(Nc3ccc(C)cc3)c2[N+](=O)[O-])cc1. The second kappa shape index (κ2) is 7.18. The molecule has 0 bridgehead atoms. The van der Waals surface area contributed by atoms with E-state index in [4.69, 9.17) is 0 Å². The largest absolute Gasteiger partial charge is 0.353 e. The molecule has 26 heavy (non-hydrogen) atoms. The summed E-state index contributed by atoms with van der Waals surface area (Å²) in [5.41, 5.74) is 3.45. The average Bonchev–Trinajstić information content (AvgIpc) is 2.58. The number of benzene rings is 2. The van der Waals surface area contributed by atoms with E-state index in [9.17, 15) is 10.1 Å². The highest BCUT2D eigenvalue weighted by atomic mass is 16.6. The molecule has 2 aromatic carbocycles. The van der Waals surface area contributed by atoms with Crippen LogP contribution in [0.5, 0.6) is 0 Å². The fourth-order valence-electron chi connectivity index (χ4n) is 2.46. The number of hydrogen-bond acceptors (Lipinski definition) is 6. The van der Waals surface area contributed by atoms with Crippen LogP contribution >= 0.6 is 0 Å². The molecule has 0 spiro atoms. The molecule has 2 N–H and O–H groups in total. The van der Waals surface area contributed by atoms with Gasteiger partial charge in [-0.1, -0.05) is 35.4 Å². The van der Waals surface area contributed by atoms with E-state index in [2.05, 4.69) is 20.6 Å². The van der Waals surface area contributed by atoms with Crippen LogP contribution in [0.1, 0.15) is 17.0 Å². The van der Waals surface area contributed by atoms with E-state index >= 15 is 0 Å². The topological polar surface area (TPSA) is 93.0 Å². The minimum Gasteiger partial charge on any atom is -0.334 e. The van der Waals surface area contributed by atoms with E-state index < -0.39 is 4.92 Å². The normalized spacial score (nSPS) is 10.4. The third-order valence-corrected chi connectivity index (χ3v) is 3.81. The molecule has 0 unspecified atom stereocenters. The van der Waals surface area contributed by atoms with Gasteiger partial charge in [0, 0.05) is 11.4 Å². The van der Waals surface area contributed by atoms with Gasteiger partial charge in [0.05, 0.1) is 4.92 Å². The first-order valence-electron chi connectivity index (χ1n) is 8.13. The molecule has 0 saturated heterocycles. The van der Waals surface area contributed by atoms with Crippen molar-refractivity contribution >= 4 is 28.7 Å². The number of aryl methyl sites for hydroxylation is 3. The summed E-state index contributed by atoms with van der Waals surface area (Å²) < 4.78 is 0. The highest BCUT2D eigenvalue weighted by Crippen LogP contribution is 2.33. The Morgan fingerprint density at radius 1 is 0.769 bits per heavy atom. The lowest BCUT2D eigenvalue weighted by molar-refractivity contribution is -0.383. The fraction of sp³-hybridized carbons (Fsp3) is 0.158. The van der Waals surface area contributed by atoms with Crippen molar-refractivity contribution in [2.24, 2.45) is 0 Å². The number of rotatable bonds is 5. The Bertz CT molecular complexity index is 869. The molecule has 0 aliphatic rings. The summed E-state index contributed by atoms with van der Waals surface area (Å²) in [6.07, 6.45) is 0. The zero-order valence-electron chi connectivity index (χ0n) is 14.8. The van der Waals surface area contributed by atoms with Crippen LogP contribution in [0.25, 0.3) is 0 Å². The summed E-state index contributed by atoms with van der Waals surface area (Å²) in [6, 6.07) is 15.1. The molecule has 3 aromatic rings. The molecule has 7 heteroatoms. The lowest BCUT2D eigenvalue weighted by Crippen LogP contribution is -2.07. The minimum atomic E-state index is -0.480. The molecular weight excluding hydrogens is 330 g/mol. The van der Waals surface area contributed by atoms with Gasteiger partial charge in [-0.05, 0) is 45.0 Å². The molecule has 0 radical (unpaired) electrons. The number of nitrogens with one attached hydrogen (secondary N) is 2. The molecule has 0 fully saturated rings. The van der Waals surface area contributed by atoms with Gasteiger partial charge in [0.2, 0.25) is 11.6 Å². The highest BCUT2D eigenvalue weighted by Gasteiger charge is 2.24. The van der Waals surface area contributed by atoms with Crippen LogP contribution < -0.4 is 10.6 Å². The molecule has 0 saturated carbocycles. The molecule has 0 amide bonds. The molecule has 132 valence electrons. The van der Waals surface area contributed by atoms with Crippen LogP contribution in [0.15, 0.2) is 48.5 Å². The molecule has 1 aromatic heterocycles. The van der Waals surface area contributed by atoms with Gasteiger partial charge in [-0.3, -0.25) is 10.1 Å². The summed E-state index contributed by atoms with van der Waals surface area (Å²) in [5.74, 6) is 0.738. The maximum atomic E-state index is 11.7. The zero-order chi connectivity index (χ0) is 18.7. The Kier molecular flexibility index (Phi) is 4.79. The van der Waals surface area contributed by atoms with E-state index in [0.29, 0.717) is 5.82 Å². The van der Waals surface area contributed by atoms with Gasteiger partial charge in [-0.15, -0.1) is 0 Å². The molecule has 7 nitrogen and oxygen atoms in total. The minimum absolute atomic E-state index is 0.154. The first-order chi connectivity index (χ1) is 12.4. The van der Waals surface area contributed by atoms with Crippen LogP contribution in [0.4, 0.5) is 28.7 Å². The first-order valence-corrected chi connectivity index (χ1v) is 8.13. The van der Waals surface area contributed by atoms with Gasteiger partial charge >= 0.3 is 5.69 Å². The van der Waals surface area contributed by atoms with E-state index in [0.717, 1.165) is 22.5 Å². The lowest BCUT2D eigenvalue weighted by Gasteiger charge is -2.12. The second-order valence-corrected chi connectivity index (χ2v) is 6.06. The lowest BCUT2D eigenvalue weighted by atomic mass is 10.2. The molecule has 3 rings (SSSR count). The summed E-state index contributed by atoms with van der Waals surface area (Å²) in [4.78, 5) is 19.7. The van der Waals surface area contributed by atoms with Crippen molar-refractivity contribution in [2.75, 3.05) is 10.6 Å². The van der Waals surface area contributed by atoms with Crippen molar-refractivity contribution in [3.63, 3.8) is 0 Å². The number of nitrogens with zero attached hydrogens (tertiary/aromatic N) is 3. The third-order valence-electron chi connectivity index (χ3n) is 3.81. The maximum Gasteiger partial charge on any atom is 0.353 e. The van der Waals surface area contributed by atoms with E-state index in [-0.39, 0.29) is 17.3 Å². The number of nitro groups is 1. The predicted octanol–water partition coefficient (Wildman–Crippen LogP) is 4.80. The summed E-state index contributed by atoms with van der Waals surface area (Å²) in [5, 5.41) is 17.7. The average molecular weight is 349 g/mol. The summed E-state index contributed by atoms with van der Waals surface area (Å²) in [7, 11) is 0. The Labute approximate surface area is 151 Å². The van der Waals surface area contributed by atoms with Crippen molar-refractivity contribution in [3.05, 3.63) is 75.6 Å². The van der Waals surface area contributed by atoms with E-state index in [1.165, 1.54) is 0 Å². The van der Waals surface area contributed by atoms with Crippen LogP contribution in [-0.2, 0) is 0 Å². The zero-order valence-corrected chi connectivity index (χ0v) is 14.8. The number of anilines is 4. The summed E-state index contributed by atoms with van der Waals surface area (Å²) >= 11 is 0. The van der Waals surface area contributed by atoms with Gasteiger partial charge < -0.3 is 10.6 Å². The quantitative estimate of drug-likeness (QED) is 0.508. The van der Waals surface area contributed by atoms with Crippen molar-refractivity contribution in [3.8, 4) is 0 Å². The molecular formula is C19H19N5O2. The monoisotopic (exact) mass is 349 g/mol. The van der Waals surface area contributed by atoms with Crippen molar-refractivity contribution in [2.45, 2.75) is 20.8 Å². The first kappa shape index (κ1) is 17.3. The van der Waals surface area contributed by atoms with E-state index in [1.807, 2.05) is 62.4 Å². The highest BCUT2D eigenvalue weighted by molar-refractivity contribution is 5.77. The van der Waals surface area contributed by atoms with Gasteiger partial charge in [0.1, 0.15) is 5.82 Å². The molecule has 0 aliphatic carbocycles. The van der Waals surface area contributed by atoms with Crippen molar-refractivity contribution in [1.82, 2.24) is 9.97 Å². The fourth-order valence-corrected chi connectivity index (χ4v) is 2.46. The third kappa shape index (κ3) is 3.94. The number of hydrogen-bond donors (Lipinski definition) is 2. The number of aromatic nitrogens is 2. The molecule has 0 aliphatic heterocycles. The standard InChI is InChI=1S/C19H19N5O2/c1-12-4-8-15(9-5-12)22-18-17(24(25)26)19(21-14(3)20-18)23-16-10-6-13(2)7-11-16/h4-11H,1-3H3,(H2,20,21,22,23). The Balaban J connectivity index is 2.01. The summed E-state index contributed by atoms with van der Waals surface area (Å²) in [6.45, 7) is 5.65. The Morgan fingerprint density at radius 3 is 1.50 bits per heavy atom. The maximum absolute atomic E-state index is 11.7. The van der Waals surface area contributed by atoms with Crippen LogP contribution in [-0.4, -0.2) is 14.9 Å². The molecule has 1 heterocycles. The Hall–Kier alpha value is -3.48. The predicted molar refractivity (Wildman–Crippen MR) is 102 cm³/mol. The van der Waals surface area contributed by atoms with Gasteiger partial charge in [0.25, 0.3) is 0 Å². The van der Waals surface area contributed by atoms with Crippen molar-refractivity contribution in [1.29, 1.82) is 0 Å². The van der Waals surface area contributed by atoms with Crippen LogP contribution in [0.2, 0.25) is 0 Å². The molecule has 0 atom stereocenters. The smallest absolute Gasteiger partial charge is 0.334 e. The Morgan fingerprint density at radius 2 is 1.15 bits per heavy atom. The van der Waals surface area contributed by atoms with Crippen LogP contribution in [0.3, 0.4) is 0 Å². The second-order valence-electron chi connectivity index (χ2n) is 6.06. The van der Waals surface area contributed by atoms with Gasteiger partial charge in [-0.2, -0.15) is 0 Å². The van der Waals surface area contributed by atoms with E-state index in [1.54, 1.807) is 6.92 Å².